The summed E-state index contributed by atoms with van der Waals surface area (Å²) in [6.45, 7) is 8.32. The van der Waals surface area contributed by atoms with Crippen LogP contribution in [0.15, 0.2) is 47.5 Å². The molecule has 1 saturated heterocycles. The molecule has 0 atom stereocenters. The van der Waals surface area contributed by atoms with Gasteiger partial charge in [0.05, 0.1) is 17.6 Å². The van der Waals surface area contributed by atoms with Crippen molar-refractivity contribution in [2.45, 2.75) is 26.7 Å². The standard InChI is InChI=1S/C30H35N7O4/c1-18-15-20(16-18)30(40)37-12-10-36(11-13-37)22-5-3-21(4-6-22)34-28(39)25-23(7-8-32-27(25)38)35-24-17-33-29-26(19(24)2)31-9-14-41-29/h3-8,17-18,20,31H,9-16H2,1-2H3,(H,34,39)(H2,32,35,38). The number of carbonyl (C=O) groups excluding carboxylic acids is 2. The van der Waals surface area contributed by atoms with Gasteiger partial charge in [0.2, 0.25) is 11.8 Å². The Balaban J connectivity index is 1.11. The van der Waals surface area contributed by atoms with Gasteiger partial charge < -0.3 is 35.5 Å². The largest absolute Gasteiger partial charge is 0.474 e. The Hall–Kier alpha value is -4.54. The van der Waals surface area contributed by atoms with Crippen LogP contribution >= 0.6 is 0 Å². The molecule has 1 aliphatic carbocycles. The molecule has 1 aromatic carbocycles. The number of aromatic amines is 1. The molecule has 3 aliphatic rings. The van der Waals surface area contributed by atoms with Gasteiger partial charge in [-0.3, -0.25) is 14.4 Å². The van der Waals surface area contributed by atoms with Gasteiger partial charge in [0.15, 0.2) is 0 Å². The number of hydrogen-bond donors (Lipinski definition) is 4. The Morgan fingerprint density at radius 3 is 2.54 bits per heavy atom. The maximum absolute atomic E-state index is 13.3. The van der Waals surface area contributed by atoms with Crippen LogP contribution in [0.4, 0.5) is 28.4 Å². The number of nitrogens with one attached hydrogen (secondary N) is 4. The van der Waals surface area contributed by atoms with Crippen molar-refractivity contribution in [2.75, 3.05) is 60.2 Å². The zero-order chi connectivity index (χ0) is 28.5. The molecule has 2 aromatic heterocycles. The van der Waals surface area contributed by atoms with Crippen LogP contribution in [-0.4, -0.2) is 66.0 Å². The molecule has 1 saturated carbocycles. The second-order valence-electron chi connectivity index (χ2n) is 11.1. The zero-order valence-electron chi connectivity index (χ0n) is 23.3. The summed E-state index contributed by atoms with van der Waals surface area (Å²) in [7, 11) is 0. The topological polar surface area (TPSA) is 132 Å². The average molecular weight is 558 g/mol. The number of rotatable bonds is 6. The highest BCUT2D eigenvalue weighted by Gasteiger charge is 2.35. The summed E-state index contributed by atoms with van der Waals surface area (Å²) in [4.78, 5) is 49.9. The highest BCUT2D eigenvalue weighted by atomic mass is 16.5. The number of anilines is 5. The Bertz CT molecular complexity index is 1510. The quantitative estimate of drug-likeness (QED) is 0.362. The molecule has 6 rings (SSSR count). The van der Waals surface area contributed by atoms with Crippen LogP contribution in [0, 0.1) is 18.8 Å². The third-order valence-corrected chi connectivity index (χ3v) is 8.21. The fraction of sp³-hybridized carbons (Fsp3) is 0.400. The summed E-state index contributed by atoms with van der Waals surface area (Å²) in [5.41, 5.74) is 3.77. The van der Waals surface area contributed by atoms with E-state index in [2.05, 4.69) is 37.7 Å². The van der Waals surface area contributed by atoms with Crippen LogP contribution in [0.5, 0.6) is 5.88 Å². The van der Waals surface area contributed by atoms with E-state index in [0.717, 1.165) is 56.0 Å². The molecule has 11 nitrogen and oxygen atoms in total. The fourth-order valence-electron chi connectivity index (χ4n) is 5.80. The van der Waals surface area contributed by atoms with Crippen molar-refractivity contribution in [1.82, 2.24) is 14.9 Å². The second-order valence-corrected chi connectivity index (χ2v) is 11.1. The van der Waals surface area contributed by atoms with Crippen LogP contribution in [0.1, 0.15) is 35.7 Å². The number of H-pyrrole nitrogens is 1. The van der Waals surface area contributed by atoms with E-state index in [0.29, 0.717) is 47.9 Å². The summed E-state index contributed by atoms with van der Waals surface area (Å²) < 4.78 is 5.60. The molecule has 11 heteroatoms. The molecule has 4 heterocycles. The maximum atomic E-state index is 13.3. The molecule has 2 amide bonds. The van der Waals surface area contributed by atoms with E-state index in [1.165, 1.54) is 6.20 Å². The van der Waals surface area contributed by atoms with Gasteiger partial charge in [-0.2, -0.15) is 0 Å². The summed E-state index contributed by atoms with van der Waals surface area (Å²) in [5.74, 6) is 1.18. The molecule has 0 spiro atoms. The average Bonchev–Trinajstić information content (AvgIpc) is 2.97. The maximum Gasteiger partial charge on any atom is 0.263 e. The highest BCUT2D eigenvalue weighted by Crippen LogP contribution is 2.35. The Morgan fingerprint density at radius 2 is 1.80 bits per heavy atom. The van der Waals surface area contributed by atoms with E-state index in [4.69, 9.17) is 4.74 Å². The molecule has 2 aliphatic heterocycles. The summed E-state index contributed by atoms with van der Waals surface area (Å²) in [6.07, 6.45) is 5.15. The number of carbonyl (C=O) groups is 2. The van der Waals surface area contributed by atoms with E-state index in [1.54, 1.807) is 12.3 Å². The van der Waals surface area contributed by atoms with Crippen LogP contribution in [0.2, 0.25) is 0 Å². The predicted molar refractivity (Wildman–Crippen MR) is 158 cm³/mol. The lowest BCUT2D eigenvalue weighted by Gasteiger charge is -2.40. The lowest BCUT2D eigenvalue weighted by atomic mass is 9.75. The first-order valence-corrected chi connectivity index (χ1v) is 14.2. The van der Waals surface area contributed by atoms with Gasteiger partial charge in [-0.1, -0.05) is 6.92 Å². The number of amides is 2. The van der Waals surface area contributed by atoms with E-state index >= 15 is 0 Å². The first-order chi connectivity index (χ1) is 19.9. The number of benzene rings is 1. The minimum atomic E-state index is -0.524. The summed E-state index contributed by atoms with van der Waals surface area (Å²) in [5, 5.41) is 9.35. The van der Waals surface area contributed by atoms with Gasteiger partial charge in [0, 0.05) is 61.8 Å². The number of piperazine rings is 1. The van der Waals surface area contributed by atoms with Gasteiger partial charge in [-0.15, -0.1) is 0 Å². The van der Waals surface area contributed by atoms with E-state index in [-0.39, 0.29) is 11.5 Å². The second kappa shape index (κ2) is 11.1. The third-order valence-electron chi connectivity index (χ3n) is 8.21. The number of aromatic nitrogens is 2. The van der Waals surface area contributed by atoms with Gasteiger partial charge in [0.25, 0.3) is 11.5 Å². The van der Waals surface area contributed by atoms with Gasteiger partial charge in [-0.25, -0.2) is 4.98 Å². The van der Waals surface area contributed by atoms with Crippen LogP contribution in [0.3, 0.4) is 0 Å². The molecule has 0 bridgehead atoms. The molecule has 214 valence electrons. The number of fused-ring (bicyclic) bond motifs is 1. The van der Waals surface area contributed by atoms with E-state index in [1.807, 2.05) is 36.1 Å². The Kier molecular flexibility index (Phi) is 7.25. The van der Waals surface area contributed by atoms with Gasteiger partial charge >= 0.3 is 0 Å². The number of hydrogen-bond acceptors (Lipinski definition) is 8. The minimum absolute atomic E-state index is 0.0282. The summed E-state index contributed by atoms with van der Waals surface area (Å²) >= 11 is 0. The number of nitrogens with zero attached hydrogens (tertiary/aromatic N) is 3. The monoisotopic (exact) mass is 557 g/mol. The first kappa shape index (κ1) is 26.7. The molecule has 3 aromatic rings. The van der Waals surface area contributed by atoms with Crippen LogP contribution in [0.25, 0.3) is 0 Å². The normalized spacial score (nSPS) is 19.8. The first-order valence-electron chi connectivity index (χ1n) is 14.2. The van der Waals surface area contributed by atoms with Crippen molar-refractivity contribution in [1.29, 1.82) is 0 Å². The lowest BCUT2D eigenvalue weighted by molar-refractivity contribution is -0.140. The van der Waals surface area contributed by atoms with E-state index in [9.17, 15) is 14.4 Å². The van der Waals surface area contributed by atoms with Crippen LogP contribution in [-0.2, 0) is 4.79 Å². The van der Waals surface area contributed by atoms with Gasteiger partial charge in [0.1, 0.15) is 17.9 Å². The highest BCUT2D eigenvalue weighted by molar-refractivity contribution is 6.08. The van der Waals surface area contributed by atoms with Crippen molar-refractivity contribution in [3.63, 3.8) is 0 Å². The third kappa shape index (κ3) is 5.44. The molecular formula is C30H35N7O4. The number of pyridine rings is 2. The Labute approximate surface area is 238 Å². The molecule has 0 radical (unpaired) electrons. The molecule has 0 unspecified atom stereocenters. The molecular weight excluding hydrogens is 522 g/mol. The van der Waals surface area contributed by atoms with Crippen molar-refractivity contribution >= 4 is 40.3 Å². The van der Waals surface area contributed by atoms with E-state index < -0.39 is 11.5 Å². The van der Waals surface area contributed by atoms with Crippen molar-refractivity contribution in [3.05, 3.63) is 64.2 Å². The molecule has 2 fully saturated rings. The zero-order valence-corrected chi connectivity index (χ0v) is 23.3. The lowest BCUT2D eigenvalue weighted by Crippen LogP contribution is -2.51. The van der Waals surface area contributed by atoms with Crippen molar-refractivity contribution in [2.24, 2.45) is 11.8 Å². The van der Waals surface area contributed by atoms with Crippen molar-refractivity contribution in [3.8, 4) is 5.88 Å². The smallest absolute Gasteiger partial charge is 0.263 e. The van der Waals surface area contributed by atoms with Crippen LogP contribution < -0.4 is 31.1 Å². The summed E-state index contributed by atoms with van der Waals surface area (Å²) in [6, 6.07) is 9.21. The van der Waals surface area contributed by atoms with Crippen molar-refractivity contribution < 1.29 is 14.3 Å². The molecule has 4 N–H and O–H groups in total. The Morgan fingerprint density at radius 1 is 1.05 bits per heavy atom. The van der Waals surface area contributed by atoms with Gasteiger partial charge in [-0.05, 0) is 56.0 Å². The fourth-order valence-corrected chi connectivity index (χ4v) is 5.80. The minimum Gasteiger partial charge on any atom is -0.474 e. The molecule has 41 heavy (non-hydrogen) atoms. The SMILES string of the molecule is Cc1c(Nc2cc[nH]c(=O)c2C(=O)Nc2ccc(N3CCN(C(=O)C4CC(C)C4)CC3)cc2)cnc2c1NCCO2. The predicted octanol–water partition coefficient (Wildman–Crippen LogP) is 3.57. The number of ether oxygens (including phenoxy) is 1.